The Balaban J connectivity index is 2.01. The molecular formula is C16H14Cl2N2O3. The molecule has 0 saturated heterocycles. The van der Waals surface area contributed by atoms with Gasteiger partial charge in [0.1, 0.15) is 12.4 Å². The second-order valence-electron chi connectivity index (χ2n) is 4.42. The number of ether oxygens (including phenoxy) is 2. The summed E-state index contributed by atoms with van der Waals surface area (Å²) in [6, 6.07) is 12.5. The lowest BCUT2D eigenvalue weighted by molar-refractivity contribution is 0.171. The Bertz CT molecular complexity index is 700. The normalized spacial score (nSPS) is 10.6. The first kappa shape index (κ1) is 17.1. The molecule has 0 aliphatic rings. The maximum atomic E-state index is 10.9. The number of hydrogen-bond acceptors (Lipinski definition) is 4. The number of methoxy groups -OCH3 is 1. The minimum atomic E-state index is -0.637. The molecule has 0 unspecified atom stereocenters. The van der Waals surface area contributed by atoms with Crippen LogP contribution in [0.25, 0.3) is 0 Å². The maximum absolute atomic E-state index is 10.9. The predicted molar refractivity (Wildman–Crippen MR) is 90.4 cm³/mol. The summed E-state index contributed by atoms with van der Waals surface area (Å²) < 4.78 is 10.1. The average molecular weight is 353 g/mol. The third-order valence-corrected chi connectivity index (χ3v) is 3.57. The Morgan fingerprint density at radius 1 is 1.22 bits per heavy atom. The molecule has 2 aromatic carbocycles. The van der Waals surface area contributed by atoms with Gasteiger partial charge in [-0.05, 0) is 29.8 Å². The van der Waals surface area contributed by atoms with Crippen molar-refractivity contribution in [3.63, 3.8) is 0 Å². The van der Waals surface area contributed by atoms with E-state index in [1.54, 1.807) is 30.3 Å². The molecule has 0 aromatic heterocycles. The van der Waals surface area contributed by atoms with Gasteiger partial charge in [-0.2, -0.15) is 5.10 Å². The number of rotatable bonds is 5. The van der Waals surface area contributed by atoms with Crippen LogP contribution in [0.15, 0.2) is 47.6 Å². The van der Waals surface area contributed by atoms with Gasteiger partial charge >= 0.3 is 6.09 Å². The van der Waals surface area contributed by atoms with Crippen LogP contribution in [0.1, 0.15) is 11.1 Å². The summed E-state index contributed by atoms with van der Waals surface area (Å²) in [5.41, 5.74) is 3.68. The largest absolute Gasteiger partial charge is 0.489 e. The number of carbonyl (C=O) groups excluding carboxylic acids is 1. The van der Waals surface area contributed by atoms with Gasteiger partial charge in [-0.25, -0.2) is 10.2 Å². The molecular weight excluding hydrogens is 339 g/mol. The fraction of sp³-hybridized carbons (Fsp3) is 0.125. The van der Waals surface area contributed by atoms with Gasteiger partial charge in [-0.3, -0.25) is 0 Å². The van der Waals surface area contributed by atoms with E-state index in [4.69, 9.17) is 27.9 Å². The number of halogens is 2. The number of benzene rings is 2. The van der Waals surface area contributed by atoms with Gasteiger partial charge in [0.15, 0.2) is 0 Å². The molecule has 0 saturated carbocycles. The van der Waals surface area contributed by atoms with Crippen LogP contribution in [-0.4, -0.2) is 19.4 Å². The first-order chi connectivity index (χ1) is 11.1. The molecule has 120 valence electrons. The predicted octanol–water partition coefficient (Wildman–Crippen LogP) is 4.26. The van der Waals surface area contributed by atoms with Crippen molar-refractivity contribution in [3.05, 3.63) is 63.6 Å². The SMILES string of the molecule is COC(=O)N/N=C\c1cccc(OCc2c(Cl)cccc2Cl)c1. The molecule has 7 heteroatoms. The Labute approximate surface area is 143 Å². The van der Waals surface area contributed by atoms with Gasteiger partial charge in [-0.1, -0.05) is 41.4 Å². The molecule has 0 aliphatic heterocycles. The van der Waals surface area contributed by atoms with E-state index in [9.17, 15) is 4.79 Å². The van der Waals surface area contributed by atoms with E-state index in [0.717, 1.165) is 11.1 Å². The lowest BCUT2D eigenvalue weighted by Crippen LogP contribution is -2.16. The zero-order chi connectivity index (χ0) is 16.7. The van der Waals surface area contributed by atoms with Crippen LogP contribution in [0.3, 0.4) is 0 Å². The zero-order valence-electron chi connectivity index (χ0n) is 12.3. The van der Waals surface area contributed by atoms with E-state index in [1.807, 2.05) is 12.1 Å². The van der Waals surface area contributed by atoms with Crippen LogP contribution in [0.5, 0.6) is 5.75 Å². The van der Waals surface area contributed by atoms with Crippen molar-refractivity contribution in [2.75, 3.05) is 7.11 Å². The molecule has 0 spiro atoms. The van der Waals surface area contributed by atoms with Crippen LogP contribution in [0.4, 0.5) is 4.79 Å². The molecule has 2 rings (SSSR count). The lowest BCUT2D eigenvalue weighted by Gasteiger charge is -2.09. The Kier molecular flexibility index (Phi) is 6.26. The molecule has 0 fully saturated rings. The van der Waals surface area contributed by atoms with Crippen molar-refractivity contribution in [1.82, 2.24) is 5.43 Å². The van der Waals surface area contributed by atoms with Crippen molar-refractivity contribution < 1.29 is 14.3 Å². The molecule has 0 aliphatic carbocycles. The number of carbonyl (C=O) groups is 1. The average Bonchev–Trinajstić information content (AvgIpc) is 2.54. The molecule has 2 aromatic rings. The highest BCUT2D eigenvalue weighted by molar-refractivity contribution is 6.35. The van der Waals surface area contributed by atoms with E-state index in [-0.39, 0.29) is 6.61 Å². The Morgan fingerprint density at radius 3 is 2.61 bits per heavy atom. The summed E-state index contributed by atoms with van der Waals surface area (Å²) in [4.78, 5) is 10.9. The third-order valence-electron chi connectivity index (χ3n) is 2.86. The molecule has 23 heavy (non-hydrogen) atoms. The first-order valence-corrected chi connectivity index (χ1v) is 7.38. The van der Waals surface area contributed by atoms with Crippen LogP contribution in [0.2, 0.25) is 10.0 Å². The fourth-order valence-corrected chi connectivity index (χ4v) is 2.22. The van der Waals surface area contributed by atoms with E-state index in [2.05, 4.69) is 15.3 Å². The third kappa shape index (κ3) is 5.16. The topological polar surface area (TPSA) is 59.9 Å². The standard InChI is InChI=1S/C16H14Cl2N2O3/c1-22-16(21)20-19-9-11-4-2-5-12(8-11)23-10-13-14(17)6-3-7-15(13)18/h2-9H,10H2,1H3,(H,20,21)/b19-9-. The summed E-state index contributed by atoms with van der Waals surface area (Å²) in [6.07, 6.45) is 0.841. The molecule has 0 radical (unpaired) electrons. The van der Waals surface area contributed by atoms with Crippen molar-refractivity contribution in [2.45, 2.75) is 6.61 Å². The Hall–Kier alpha value is -2.24. The summed E-state index contributed by atoms with van der Waals surface area (Å²) in [5.74, 6) is 0.628. The monoisotopic (exact) mass is 352 g/mol. The summed E-state index contributed by atoms with van der Waals surface area (Å²) in [7, 11) is 1.26. The highest BCUT2D eigenvalue weighted by Crippen LogP contribution is 2.25. The summed E-state index contributed by atoms with van der Waals surface area (Å²) in [5, 5.41) is 4.86. The van der Waals surface area contributed by atoms with Gasteiger partial charge in [0.05, 0.1) is 13.3 Å². The molecule has 1 N–H and O–H groups in total. The highest BCUT2D eigenvalue weighted by atomic mass is 35.5. The lowest BCUT2D eigenvalue weighted by atomic mass is 10.2. The van der Waals surface area contributed by atoms with Crippen LogP contribution < -0.4 is 10.2 Å². The molecule has 1 amide bonds. The van der Waals surface area contributed by atoms with Crippen molar-refractivity contribution >= 4 is 35.5 Å². The van der Waals surface area contributed by atoms with Gasteiger partial charge in [0, 0.05) is 15.6 Å². The van der Waals surface area contributed by atoms with E-state index in [0.29, 0.717) is 15.8 Å². The first-order valence-electron chi connectivity index (χ1n) is 6.63. The van der Waals surface area contributed by atoms with Crippen molar-refractivity contribution in [3.8, 4) is 5.75 Å². The number of amides is 1. The number of hydrogen-bond donors (Lipinski definition) is 1. The number of hydrazone groups is 1. The zero-order valence-corrected chi connectivity index (χ0v) is 13.8. The van der Waals surface area contributed by atoms with Gasteiger partial charge in [-0.15, -0.1) is 0 Å². The summed E-state index contributed by atoms with van der Waals surface area (Å²) in [6.45, 7) is 0.250. The molecule has 5 nitrogen and oxygen atoms in total. The fourth-order valence-electron chi connectivity index (χ4n) is 1.72. The van der Waals surface area contributed by atoms with Gasteiger partial charge in [0.2, 0.25) is 0 Å². The smallest absolute Gasteiger partial charge is 0.427 e. The number of nitrogens with zero attached hydrogens (tertiary/aromatic N) is 1. The quantitative estimate of drug-likeness (QED) is 0.645. The van der Waals surface area contributed by atoms with Gasteiger partial charge < -0.3 is 9.47 Å². The van der Waals surface area contributed by atoms with Gasteiger partial charge in [0.25, 0.3) is 0 Å². The van der Waals surface area contributed by atoms with Crippen LogP contribution in [-0.2, 0) is 11.3 Å². The molecule has 0 bridgehead atoms. The minimum Gasteiger partial charge on any atom is -0.489 e. The molecule has 0 heterocycles. The number of nitrogens with one attached hydrogen (secondary N) is 1. The summed E-state index contributed by atoms with van der Waals surface area (Å²) >= 11 is 12.2. The van der Waals surface area contributed by atoms with Crippen molar-refractivity contribution in [2.24, 2.45) is 5.10 Å². The van der Waals surface area contributed by atoms with Crippen LogP contribution >= 0.6 is 23.2 Å². The second-order valence-corrected chi connectivity index (χ2v) is 5.24. The van der Waals surface area contributed by atoms with Crippen LogP contribution in [0, 0.1) is 0 Å². The van der Waals surface area contributed by atoms with E-state index >= 15 is 0 Å². The second kappa shape index (κ2) is 8.41. The minimum absolute atomic E-state index is 0.250. The van der Waals surface area contributed by atoms with Crippen molar-refractivity contribution in [1.29, 1.82) is 0 Å². The molecule has 0 atom stereocenters. The Morgan fingerprint density at radius 2 is 1.91 bits per heavy atom. The highest BCUT2D eigenvalue weighted by Gasteiger charge is 2.06. The maximum Gasteiger partial charge on any atom is 0.427 e. The van der Waals surface area contributed by atoms with E-state index < -0.39 is 6.09 Å². The van der Waals surface area contributed by atoms with E-state index in [1.165, 1.54) is 13.3 Å².